The van der Waals surface area contributed by atoms with Crippen LogP contribution in [0.4, 0.5) is 0 Å². The summed E-state index contributed by atoms with van der Waals surface area (Å²) in [6.45, 7) is 7.23. The van der Waals surface area contributed by atoms with E-state index in [4.69, 9.17) is 0 Å². The number of amides is 1. The van der Waals surface area contributed by atoms with E-state index in [9.17, 15) is 4.79 Å². The summed E-state index contributed by atoms with van der Waals surface area (Å²) in [7, 11) is 0. The lowest BCUT2D eigenvalue weighted by molar-refractivity contribution is 0.0669. The predicted octanol–water partition coefficient (Wildman–Crippen LogP) is 2.91. The highest BCUT2D eigenvalue weighted by Crippen LogP contribution is 2.30. The van der Waals surface area contributed by atoms with Crippen LogP contribution >= 0.6 is 0 Å². The third-order valence-corrected chi connectivity index (χ3v) is 5.13. The van der Waals surface area contributed by atoms with Crippen molar-refractivity contribution in [2.24, 2.45) is 5.92 Å². The number of nitrogens with zero attached hydrogens (tertiary/aromatic N) is 1. The van der Waals surface area contributed by atoms with Crippen molar-refractivity contribution in [2.45, 2.75) is 45.6 Å². The second-order valence-corrected chi connectivity index (χ2v) is 6.58. The third-order valence-electron chi connectivity index (χ3n) is 5.13. The number of aryl methyl sites for hydroxylation is 2. The predicted molar refractivity (Wildman–Crippen MR) is 85.6 cm³/mol. The molecule has 21 heavy (non-hydrogen) atoms. The summed E-state index contributed by atoms with van der Waals surface area (Å²) < 4.78 is 0. The molecule has 0 spiro atoms. The summed E-state index contributed by atoms with van der Waals surface area (Å²) in [6.07, 6.45) is 4.82. The standard InChI is InChI=1S/C18H26N2O/c1-13-6-3-7-14(2)17(13)18(21)20-11-5-9-16(20)15-8-4-10-19-12-15/h3,6-7,15-16,19H,4-5,8-12H2,1-2H3. The molecule has 1 aromatic rings. The fraction of sp³-hybridized carbons (Fsp3) is 0.611. The summed E-state index contributed by atoms with van der Waals surface area (Å²) in [6, 6.07) is 6.57. The number of likely N-dealkylation sites (tertiary alicyclic amines) is 1. The first kappa shape index (κ1) is 14.6. The first-order chi connectivity index (χ1) is 10.2. The maximum atomic E-state index is 13.0. The van der Waals surface area contributed by atoms with Crippen LogP contribution in [-0.2, 0) is 0 Å². The van der Waals surface area contributed by atoms with Gasteiger partial charge in [-0.15, -0.1) is 0 Å². The van der Waals surface area contributed by atoms with E-state index < -0.39 is 0 Å². The Morgan fingerprint density at radius 2 is 1.95 bits per heavy atom. The second-order valence-electron chi connectivity index (χ2n) is 6.58. The zero-order chi connectivity index (χ0) is 14.8. The van der Waals surface area contributed by atoms with Crippen LogP contribution in [0, 0.1) is 19.8 Å². The zero-order valence-electron chi connectivity index (χ0n) is 13.2. The molecule has 2 heterocycles. The summed E-state index contributed by atoms with van der Waals surface area (Å²) in [4.78, 5) is 15.2. The van der Waals surface area contributed by atoms with Crippen LogP contribution in [0.15, 0.2) is 18.2 Å². The van der Waals surface area contributed by atoms with Gasteiger partial charge in [-0.3, -0.25) is 4.79 Å². The topological polar surface area (TPSA) is 32.3 Å². The minimum Gasteiger partial charge on any atom is -0.335 e. The molecule has 1 aromatic carbocycles. The summed E-state index contributed by atoms with van der Waals surface area (Å²) in [5.74, 6) is 0.883. The lowest BCUT2D eigenvalue weighted by Crippen LogP contribution is -2.45. The molecule has 2 saturated heterocycles. The highest BCUT2D eigenvalue weighted by molar-refractivity contribution is 5.97. The van der Waals surface area contributed by atoms with Gasteiger partial charge in [0, 0.05) is 18.2 Å². The van der Waals surface area contributed by atoms with E-state index >= 15 is 0 Å². The molecule has 2 unspecified atom stereocenters. The van der Waals surface area contributed by atoms with Crippen molar-refractivity contribution < 1.29 is 4.79 Å². The third kappa shape index (κ3) is 2.84. The number of hydrogen-bond acceptors (Lipinski definition) is 2. The number of carbonyl (C=O) groups excluding carboxylic acids is 1. The van der Waals surface area contributed by atoms with E-state index in [1.165, 1.54) is 19.3 Å². The molecule has 2 aliphatic rings. The molecule has 2 aliphatic heterocycles. The molecule has 2 fully saturated rings. The van der Waals surface area contributed by atoms with Gasteiger partial charge < -0.3 is 10.2 Å². The first-order valence-electron chi connectivity index (χ1n) is 8.26. The highest BCUT2D eigenvalue weighted by atomic mass is 16.2. The number of nitrogens with one attached hydrogen (secondary N) is 1. The van der Waals surface area contributed by atoms with Gasteiger partial charge in [-0.05, 0) is 69.7 Å². The van der Waals surface area contributed by atoms with Crippen LogP contribution in [-0.4, -0.2) is 36.5 Å². The Kier molecular flexibility index (Phi) is 4.29. The monoisotopic (exact) mass is 286 g/mol. The van der Waals surface area contributed by atoms with Crippen LogP contribution in [0.3, 0.4) is 0 Å². The van der Waals surface area contributed by atoms with E-state index in [2.05, 4.69) is 10.2 Å². The Hall–Kier alpha value is -1.35. The van der Waals surface area contributed by atoms with Crippen molar-refractivity contribution in [1.29, 1.82) is 0 Å². The molecule has 0 saturated carbocycles. The molecular weight excluding hydrogens is 260 g/mol. The van der Waals surface area contributed by atoms with Crippen molar-refractivity contribution in [1.82, 2.24) is 10.2 Å². The lowest BCUT2D eigenvalue weighted by Gasteiger charge is -2.35. The van der Waals surface area contributed by atoms with Crippen LogP contribution in [0.25, 0.3) is 0 Å². The van der Waals surface area contributed by atoms with Crippen molar-refractivity contribution in [3.8, 4) is 0 Å². The van der Waals surface area contributed by atoms with E-state index in [0.29, 0.717) is 12.0 Å². The Balaban J connectivity index is 1.83. The van der Waals surface area contributed by atoms with Gasteiger partial charge in [-0.25, -0.2) is 0 Å². The van der Waals surface area contributed by atoms with Crippen LogP contribution in [0.2, 0.25) is 0 Å². The molecular formula is C18H26N2O. The van der Waals surface area contributed by atoms with Crippen LogP contribution in [0.5, 0.6) is 0 Å². The van der Waals surface area contributed by atoms with E-state index in [1.54, 1.807) is 0 Å². The van der Waals surface area contributed by atoms with E-state index in [0.717, 1.165) is 42.7 Å². The molecule has 0 aliphatic carbocycles. The summed E-state index contributed by atoms with van der Waals surface area (Å²) in [5, 5.41) is 3.50. The first-order valence-corrected chi connectivity index (χ1v) is 8.26. The molecule has 1 N–H and O–H groups in total. The fourth-order valence-corrected chi connectivity index (χ4v) is 4.04. The van der Waals surface area contributed by atoms with Gasteiger partial charge in [-0.1, -0.05) is 18.2 Å². The average Bonchev–Trinajstić information content (AvgIpc) is 2.97. The minimum atomic E-state index is 0.249. The highest BCUT2D eigenvalue weighted by Gasteiger charge is 2.36. The van der Waals surface area contributed by atoms with Crippen molar-refractivity contribution in [3.05, 3.63) is 34.9 Å². The molecule has 3 rings (SSSR count). The van der Waals surface area contributed by atoms with Crippen molar-refractivity contribution in [2.75, 3.05) is 19.6 Å². The molecule has 3 heteroatoms. The molecule has 2 atom stereocenters. The van der Waals surface area contributed by atoms with Crippen molar-refractivity contribution in [3.63, 3.8) is 0 Å². The van der Waals surface area contributed by atoms with Gasteiger partial charge in [0.25, 0.3) is 5.91 Å². The number of benzene rings is 1. The van der Waals surface area contributed by atoms with Crippen molar-refractivity contribution >= 4 is 5.91 Å². The van der Waals surface area contributed by atoms with E-state index in [1.807, 2.05) is 32.0 Å². The number of hydrogen-bond donors (Lipinski definition) is 1. The van der Waals surface area contributed by atoms with Gasteiger partial charge in [0.15, 0.2) is 0 Å². The summed E-state index contributed by atoms with van der Waals surface area (Å²) in [5.41, 5.74) is 3.13. The molecule has 114 valence electrons. The van der Waals surface area contributed by atoms with Gasteiger partial charge in [0.2, 0.25) is 0 Å². The molecule has 1 amide bonds. The average molecular weight is 286 g/mol. The Morgan fingerprint density at radius 3 is 2.62 bits per heavy atom. The Bertz CT molecular complexity index is 500. The quantitative estimate of drug-likeness (QED) is 0.906. The maximum absolute atomic E-state index is 13.0. The largest absolute Gasteiger partial charge is 0.335 e. The number of rotatable bonds is 2. The molecule has 0 aromatic heterocycles. The van der Waals surface area contributed by atoms with Gasteiger partial charge in [-0.2, -0.15) is 0 Å². The van der Waals surface area contributed by atoms with E-state index in [-0.39, 0.29) is 5.91 Å². The Labute approximate surface area is 127 Å². The van der Waals surface area contributed by atoms with Crippen LogP contribution < -0.4 is 5.32 Å². The Morgan fingerprint density at radius 1 is 1.19 bits per heavy atom. The number of piperidine rings is 1. The van der Waals surface area contributed by atoms with Gasteiger partial charge in [0.1, 0.15) is 0 Å². The minimum absolute atomic E-state index is 0.249. The lowest BCUT2D eigenvalue weighted by atomic mass is 9.89. The number of carbonyl (C=O) groups is 1. The summed E-state index contributed by atoms with van der Waals surface area (Å²) >= 11 is 0. The molecule has 3 nitrogen and oxygen atoms in total. The van der Waals surface area contributed by atoms with Gasteiger partial charge in [0.05, 0.1) is 0 Å². The SMILES string of the molecule is Cc1cccc(C)c1C(=O)N1CCCC1C1CCCNC1. The maximum Gasteiger partial charge on any atom is 0.254 e. The van der Waals surface area contributed by atoms with Crippen LogP contribution in [0.1, 0.15) is 47.2 Å². The zero-order valence-corrected chi connectivity index (χ0v) is 13.2. The molecule has 0 bridgehead atoms. The smallest absolute Gasteiger partial charge is 0.254 e. The molecule has 0 radical (unpaired) electrons. The fourth-order valence-electron chi connectivity index (χ4n) is 4.04. The second kappa shape index (κ2) is 6.18. The van der Waals surface area contributed by atoms with Gasteiger partial charge >= 0.3 is 0 Å². The normalized spacial score (nSPS) is 26.1.